The van der Waals surface area contributed by atoms with Gasteiger partial charge < -0.3 is 5.11 Å². The van der Waals surface area contributed by atoms with Gasteiger partial charge in [0.05, 0.1) is 41.1 Å². The molecular weight excluding hydrogens is 280 g/mol. The molecule has 3 aromatic rings. The molecule has 0 saturated heterocycles. The highest BCUT2D eigenvalue weighted by Gasteiger charge is 2.36. The lowest BCUT2D eigenvalue weighted by Crippen LogP contribution is -2.32. The summed E-state index contributed by atoms with van der Waals surface area (Å²) >= 11 is 0. The van der Waals surface area contributed by atoms with Crippen LogP contribution in [0.3, 0.4) is 0 Å². The molecule has 2 heterocycles. The summed E-state index contributed by atoms with van der Waals surface area (Å²) in [5.41, 5.74) is 3.39. The molecule has 22 heavy (non-hydrogen) atoms. The van der Waals surface area contributed by atoms with Crippen molar-refractivity contribution in [2.24, 2.45) is 5.92 Å². The number of benzene rings is 1. The van der Waals surface area contributed by atoms with E-state index >= 15 is 0 Å². The number of nitrogens with zero attached hydrogens (tertiary/aromatic N) is 4. The fraction of sp³-hybridized carbons (Fsp3) is 0.250. The average Bonchev–Trinajstić information content (AvgIpc) is 2.94. The van der Waals surface area contributed by atoms with Gasteiger partial charge in [0.2, 0.25) is 0 Å². The lowest BCUT2D eigenvalue weighted by molar-refractivity contribution is -0.146. The molecule has 1 aliphatic carbocycles. The zero-order chi connectivity index (χ0) is 15.1. The Hall–Kier alpha value is -2.76. The van der Waals surface area contributed by atoms with E-state index in [1.807, 2.05) is 35.1 Å². The zero-order valence-electron chi connectivity index (χ0n) is 11.8. The summed E-state index contributed by atoms with van der Waals surface area (Å²) in [7, 11) is 0. The van der Waals surface area contributed by atoms with E-state index in [9.17, 15) is 4.79 Å². The summed E-state index contributed by atoms with van der Waals surface area (Å²) in [4.78, 5) is 19.9. The van der Waals surface area contributed by atoms with Gasteiger partial charge >= 0.3 is 5.97 Å². The molecule has 0 amide bonds. The molecule has 0 unspecified atom stereocenters. The van der Waals surface area contributed by atoms with Crippen molar-refractivity contribution in [2.45, 2.75) is 18.9 Å². The summed E-state index contributed by atoms with van der Waals surface area (Å²) in [6.07, 6.45) is 6.69. The lowest BCUT2D eigenvalue weighted by Gasteiger charge is -2.32. The standard InChI is InChI=1S/C16H14N4O2/c21-16(22)10-5-12(6-10)20-9-11(7-18-20)15-8-17-13-3-1-2-4-14(13)19-15/h1-4,7-10,12H,5-6H2,(H,21,22). The molecule has 1 N–H and O–H groups in total. The van der Waals surface area contributed by atoms with Crippen LogP contribution in [0.1, 0.15) is 18.9 Å². The van der Waals surface area contributed by atoms with Gasteiger partial charge in [-0.1, -0.05) is 12.1 Å². The van der Waals surface area contributed by atoms with E-state index in [4.69, 9.17) is 5.11 Å². The molecule has 1 fully saturated rings. The number of carboxylic acids is 1. The third kappa shape index (κ3) is 2.13. The fourth-order valence-electron chi connectivity index (χ4n) is 2.77. The molecule has 0 atom stereocenters. The largest absolute Gasteiger partial charge is 0.481 e. The van der Waals surface area contributed by atoms with Crippen molar-refractivity contribution >= 4 is 17.0 Å². The number of hydrogen-bond acceptors (Lipinski definition) is 4. The predicted octanol–water partition coefficient (Wildman–Crippen LogP) is 2.53. The molecule has 0 bridgehead atoms. The minimum Gasteiger partial charge on any atom is -0.481 e. The minimum atomic E-state index is -0.718. The van der Waals surface area contributed by atoms with Crippen molar-refractivity contribution in [3.05, 3.63) is 42.9 Å². The number of carboxylic acid groups (broad SMARTS) is 1. The molecule has 2 aromatic heterocycles. The summed E-state index contributed by atoms with van der Waals surface area (Å²) in [5, 5.41) is 13.3. The monoisotopic (exact) mass is 294 g/mol. The molecule has 6 heteroatoms. The van der Waals surface area contributed by atoms with E-state index in [0.29, 0.717) is 12.8 Å². The Morgan fingerprint density at radius 2 is 1.95 bits per heavy atom. The Labute approximate surface area is 126 Å². The second-order valence-corrected chi connectivity index (χ2v) is 5.61. The van der Waals surface area contributed by atoms with Crippen molar-refractivity contribution in [1.82, 2.24) is 19.7 Å². The van der Waals surface area contributed by atoms with Crippen LogP contribution < -0.4 is 0 Å². The Kier molecular flexibility index (Phi) is 2.89. The normalized spacial score (nSPS) is 20.7. The number of hydrogen-bond donors (Lipinski definition) is 1. The van der Waals surface area contributed by atoms with Gasteiger partial charge in [-0.15, -0.1) is 0 Å². The Balaban J connectivity index is 1.59. The summed E-state index contributed by atoms with van der Waals surface area (Å²) in [5.74, 6) is -0.956. The number of aromatic nitrogens is 4. The number of rotatable bonds is 3. The van der Waals surface area contributed by atoms with Crippen LogP contribution in [0.5, 0.6) is 0 Å². The van der Waals surface area contributed by atoms with E-state index in [1.165, 1.54) is 0 Å². The van der Waals surface area contributed by atoms with Gasteiger partial charge in [0.1, 0.15) is 0 Å². The maximum Gasteiger partial charge on any atom is 0.306 e. The van der Waals surface area contributed by atoms with Gasteiger partial charge in [0.25, 0.3) is 0 Å². The molecule has 4 rings (SSSR count). The number of fused-ring (bicyclic) bond motifs is 1. The molecule has 1 aliphatic rings. The molecule has 6 nitrogen and oxygen atoms in total. The number of para-hydroxylation sites is 2. The second kappa shape index (κ2) is 4.91. The van der Waals surface area contributed by atoms with Crippen molar-refractivity contribution in [2.75, 3.05) is 0 Å². The molecule has 0 aliphatic heterocycles. The Morgan fingerprint density at radius 1 is 1.18 bits per heavy atom. The first-order chi connectivity index (χ1) is 10.7. The van der Waals surface area contributed by atoms with Crippen LogP contribution in [-0.4, -0.2) is 30.8 Å². The van der Waals surface area contributed by atoms with Crippen LogP contribution in [0.15, 0.2) is 42.9 Å². The molecule has 0 radical (unpaired) electrons. The van der Waals surface area contributed by atoms with Gasteiger partial charge in [-0.05, 0) is 25.0 Å². The van der Waals surface area contributed by atoms with Crippen molar-refractivity contribution < 1.29 is 9.90 Å². The van der Waals surface area contributed by atoms with E-state index in [0.717, 1.165) is 22.3 Å². The predicted molar refractivity (Wildman–Crippen MR) is 80.2 cm³/mol. The smallest absolute Gasteiger partial charge is 0.306 e. The van der Waals surface area contributed by atoms with E-state index in [2.05, 4.69) is 15.1 Å². The molecule has 1 saturated carbocycles. The molecular formula is C16H14N4O2. The quantitative estimate of drug-likeness (QED) is 0.802. The third-order valence-corrected chi connectivity index (χ3v) is 4.18. The number of aliphatic carboxylic acids is 1. The first-order valence-corrected chi connectivity index (χ1v) is 7.20. The highest BCUT2D eigenvalue weighted by molar-refractivity contribution is 5.76. The van der Waals surface area contributed by atoms with Gasteiger partial charge in [0.15, 0.2) is 0 Å². The molecule has 0 spiro atoms. The highest BCUT2D eigenvalue weighted by atomic mass is 16.4. The second-order valence-electron chi connectivity index (χ2n) is 5.61. The van der Waals surface area contributed by atoms with Gasteiger partial charge in [-0.2, -0.15) is 5.10 Å². The lowest BCUT2D eigenvalue weighted by atomic mass is 9.80. The van der Waals surface area contributed by atoms with Crippen LogP contribution >= 0.6 is 0 Å². The zero-order valence-corrected chi connectivity index (χ0v) is 11.8. The van der Waals surface area contributed by atoms with Crippen molar-refractivity contribution in [3.8, 4) is 11.3 Å². The molecule has 110 valence electrons. The van der Waals surface area contributed by atoms with E-state index in [-0.39, 0.29) is 12.0 Å². The van der Waals surface area contributed by atoms with Gasteiger partial charge in [-0.25, -0.2) is 4.98 Å². The first-order valence-electron chi connectivity index (χ1n) is 7.20. The van der Waals surface area contributed by atoms with Crippen LogP contribution in [0.25, 0.3) is 22.3 Å². The van der Waals surface area contributed by atoms with Gasteiger partial charge in [0, 0.05) is 11.8 Å². The summed E-state index contributed by atoms with van der Waals surface area (Å²) in [6, 6.07) is 7.90. The third-order valence-electron chi connectivity index (χ3n) is 4.18. The maximum atomic E-state index is 10.9. The van der Waals surface area contributed by atoms with E-state index in [1.54, 1.807) is 12.4 Å². The molecule has 1 aromatic carbocycles. The minimum absolute atomic E-state index is 0.170. The SMILES string of the molecule is O=C(O)C1CC(n2cc(-c3cnc4ccccc4n3)cn2)C1. The average molecular weight is 294 g/mol. The maximum absolute atomic E-state index is 10.9. The topological polar surface area (TPSA) is 80.9 Å². The highest BCUT2D eigenvalue weighted by Crippen LogP contribution is 2.38. The Bertz CT molecular complexity index is 852. The van der Waals surface area contributed by atoms with Crippen LogP contribution in [0.2, 0.25) is 0 Å². The summed E-state index contributed by atoms with van der Waals surface area (Å²) in [6.45, 7) is 0. The summed E-state index contributed by atoms with van der Waals surface area (Å²) < 4.78 is 1.84. The van der Waals surface area contributed by atoms with E-state index < -0.39 is 5.97 Å². The van der Waals surface area contributed by atoms with Crippen LogP contribution in [-0.2, 0) is 4.79 Å². The first kappa shape index (κ1) is 12.9. The van der Waals surface area contributed by atoms with Crippen molar-refractivity contribution in [1.29, 1.82) is 0 Å². The van der Waals surface area contributed by atoms with Gasteiger partial charge in [-0.3, -0.25) is 14.5 Å². The fourth-order valence-corrected chi connectivity index (χ4v) is 2.77. The number of carbonyl (C=O) groups is 1. The van der Waals surface area contributed by atoms with Crippen molar-refractivity contribution in [3.63, 3.8) is 0 Å². The van der Waals surface area contributed by atoms with Crippen LogP contribution in [0, 0.1) is 5.92 Å². The Morgan fingerprint density at radius 3 is 2.73 bits per heavy atom. The van der Waals surface area contributed by atoms with Crippen LogP contribution in [0.4, 0.5) is 0 Å².